The predicted molar refractivity (Wildman–Crippen MR) is 73.0 cm³/mol. The third-order valence-corrected chi connectivity index (χ3v) is 3.36. The van der Waals surface area contributed by atoms with E-state index in [9.17, 15) is 10.1 Å². The highest BCUT2D eigenvalue weighted by molar-refractivity contribution is 7.13. The van der Waals surface area contributed by atoms with E-state index >= 15 is 0 Å². The summed E-state index contributed by atoms with van der Waals surface area (Å²) in [5.41, 5.74) is 0.971. The summed E-state index contributed by atoms with van der Waals surface area (Å²) in [5.74, 6) is 0. The lowest BCUT2D eigenvalue weighted by atomic mass is 10.3. The fraction of sp³-hybridized carbons (Fsp3) is 0.667. The summed E-state index contributed by atoms with van der Waals surface area (Å²) in [6, 6.07) is 1.62. The summed E-state index contributed by atoms with van der Waals surface area (Å²) in [6.45, 7) is 5.31. The molecule has 0 aliphatic rings. The van der Waals surface area contributed by atoms with E-state index in [0.717, 1.165) is 44.6 Å². The molecule has 0 fully saturated rings. The number of rotatable bonds is 10. The van der Waals surface area contributed by atoms with Crippen LogP contribution in [0.2, 0.25) is 0 Å². The summed E-state index contributed by atoms with van der Waals surface area (Å²) in [6.07, 6.45) is 3.25. The molecule has 0 unspecified atom stereocenters. The first-order valence-corrected chi connectivity index (χ1v) is 7.12. The van der Waals surface area contributed by atoms with Gasteiger partial charge in [0.1, 0.15) is 0 Å². The molecule has 0 aromatic carbocycles. The number of nitrogens with zero attached hydrogens (tertiary/aromatic N) is 1. The maximum Gasteiger partial charge on any atom is 0.324 e. The van der Waals surface area contributed by atoms with Crippen LogP contribution in [0.15, 0.2) is 11.4 Å². The van der Waals surface area contributed by atoms with Crippen LogP contribution in [0.3, 0.4) is 0 Å². The van der Waals surface area contributed by atoms with Crippen molar-refractivity contribution in [3.63, 3.8) is 0 Å². The summed E-state index contributed by atoms with van der Waals surface area (Å²) in [5, 5.41) is 15.8. The van der Waals surface area contributed by atoms with Crippen molar-refractivity contribution in [3.8, 4) is 0 Å². The van der Waals surface area contributed by atoms with Crippen LogP contribution in [0.25, 0.3) is 0 Å². The van der Waals surface area contributed by atoms with Crippen LogP contribution in [-0.4, -0.2) is 24.7 Å². The van der Waals surface area contributed by atoms with Crippen molar-refractivity contribution in [2.75, 3.05) is 19.8 Å². The van der Waals surface area contributed by atoms with Gasteiger partial charge in [0.05, 0.1) is 4.92 Å². The van der Waals surface area contributed by atoms with Gasteiger partial charge in [0.25, 0.3) is 0 Å². The van der Waals surface area contributed by atoms with Gasteiger partial charge in [-0.3, -0.25) is 10.1 Å². The van der Waals surface area contributed by atoms with E-state index < -0.39 is 0 Å². The Morgan fingerprint density at radius 2 is 2.22 bits per heavy atom. The van der Waals surface area contributed by atoms with Gasteiger partial charge in [-0.2, -0.15) is 0 Å². The highest BCUT2D eigenvalue weighted by atomic mass is 32.1. The van der Waals surface area contributed by atoms with E-state index in [-0.39, 0.29) is 9.92 Å². The molecule has 0 bridgehead atoms. The fourth-order valence-corrected chi connectivity index (χ4v) is 2.16. The van der Waals surface area contributed by atoms with Gasteiger partial charge in [-0.1, -0.05) is 24.7 Å². The van der Waals surface area contributed by atoms with Gasteiger partial charge in [0.15, 0.2) is 0 Å². The van der Waals surface area contributed by atoms with Crippen molar-refractivity contribution in [2.45, 2.75) is 32.7 Å². The van der Waals surface area contributed by atoms with Crippen LogP contribution in [0.4, 0.5) is 5.00 Å². The van der Waals surface area contributed by atoms with Gasteiger partial charge < -0.3 is 10.1 Å². The lowest BCUT2D eigenvalue weighted by molar-refractivity contribution is -0.380. The molecule has 102 valence electrons. The molecule has 0 saturated heterocycles. The van der Waals surface area contributed by atoms with Crippen LogP contribution in [0.1, 0.15) is 31.7 Å². The maximum absolute atomic E-state index is 10.5. The molecule has 1 rings (SSSR count). The summed E-state index contributed by atoms with van der Waals surface area (Å²) in [4.78, 5) is 10.1. The SMILES string of the molecule is CCCCOCCCNCc1csc([N+](=O)[O-])c1. The molecule has 0 saturated carbocycles. The Bertz CT molecular complexity index is 355. The number of hydrogen-bond donors (Lipinski definition) is 1. The van der Waals surface area contributed by atoms with E-state index in [1.165, 1.54) is 11.3 Å². The van der Waals surface area contributed by atoms with Gasteiger partial charge in [-0.15, -0.1) is 0 Å². The third kappa shape index (κ3) is 6.09. The second-order valence-corrected chi connectivity index (χ2v) is 4.94. The molecule has 18 heavy (non-hydrogen) atoms. The second-order valence-electron chi connectivity index (χ2n) is 4.05. The van der Waals surface area contributed by atoms with E-state index in [0.29, 0.717) is 6.54 Å². The standard InChI is InChI=1S/C12H20N2O3S/c1-2-3-6-17-7-4-5-13-9-11-8-12(14(15)16)18-10-11/h8,10,13H,2-7,9H2,1H3. The molecule has 0 spiro atoms. The van der Waals surface area contributed by atoms with Gasteiger partial charge in [-0.25, -0.2) is 0 Å². The molecule has 0 aliphatic carbocycles. The highest BCUT2D eigenvalue weighted by Gasteiger charge is 2.08. The van der Waals surface area contributed by atoms with E-state index in [2.05, 4.69) is 12.2 Å². The molecule has 1 aromatic heterocycles. The number of nitro groups is 1. The van der Waals surface area contributed by atoms with Gasteiger partial charge in [0, 0.05) is 31.2 Å². The first kappa shape index (κ1) is 15.1. The summed E-state index contributed by atoms with van der Waals surface area (Å²) >= 11 is 1.17. The molecule has 1 N–H and O–H groups in total. The molecular formula is C12H20N2O3S. The highest BCUT2D eigenvalue weighted by Crippen LogP contribution is 2.22. The number of ether oxygens (including phenoxy) is 1. The predicted octanol–water partition coefficient (Wildman–Crippen LogP) is 2.95. The van der Waals surface area contributed by atoms with E-state index in [4.69, 9.17) is 4.74 Å². The molecule has 0 aliphatic heterocycles. The Morgan fingerprint density at radius 1 is 1.44 bits per heavy atom. The Labute approximate surface area is 111 Å². The molecular weight excluding hydrogens is 252 g/mol. The fourth-order valence-electron chi connectivity index (χ4n) is 1.43. The average Bonchev–Trinajstić information content (AvgIpc) is 2.81. The Kier molecular flexibility index (Phi) is 7.55. The zero-order valence-corrected chi connectivity index (χ0v) is 11.5. The Balaban J connectivity index is 2.02. The number of nitrogens with one attached hydrogen (secondary N) is 1. The normalized spacial score (nSPS) is 10.7. The van der Waals surface area contributed by atoms with Gasteiger partial charge in [0.2, 0.25) is 0 Å². The molecule has 6 heteroatoms. The minimum Gasteiger partial charge on any atom is -0.381 e. The van der Waals surface area contributed by atoms with E-state index in [1.54, 1.807) is 6.07 Å². The van der Waals surface area contributed by atoms with Crippen LogP contribution in [0.5, 0.6) is 0 Å². The van der Waals surface area contributed by atoms with Gasteiger partial charge in [-0.05, 0) is 24.9 Å². The first-order valence-electron chi connectivity index (χ1n) is 6.24. The monoisotopic (exact) mass is 272 g/mol. The minimum absolute atomic E-state index is 0.203. The minimum atomic E-state index is -0.351. The maximum atomic E-state index is 10.5. The van der Waals surface area contributed by atoms with Crippen LogP contribution in [0, 0.1) is 10.1 Å². The molecule has 0 amide bonds. The zero-order valence-electron chi connectivity index (χ0n) is 10.7. The van der Waals surface area contributed by atoms with E-state index in [1.807, 2.05) is 5.38 Å². The Morgan fingerprint density at radius 3 is 2.89 bits per heavy atom. The van der Waals surface area contributed by atoms with Crippen molar-refractivity contribution < 1.29 is 9.66 Å². The molecule has 1 aromatic rings. The van der Waals surface area contributed by atoms with Crippen molar-refractivity contribution in [1.82, 2.24) is 5.32 Å². The lowest BCUT2D eigenvalue weighted by Crippen LogP contribution is -2.16. The number of unbranched alkanes of at least 4 members (excludes halogenated alkanes) is 1. The molecule has 5 nitrogen and oxygen atoms in total. The molecule has 0 radical (unpaired) electrons. The zero-order chi connectivity index (χ0) is 13.2. The van der Waals surface area contributed by atoms with Crippen molar-refractivity contribution in [1.29, 1.82) is 0 Å². The van der Waals surface area contributed by atoms with Crippen LogP contribution in [-0.2, 0) is 11.3 Å². The smallest absolute Gasteiger partial charge is 0.324 e. The third-order valence-electron chi connectivity index (χ3n) is 2.43. The van der Waals surface area contributed by atoms with Crippen LogP contribution >= 0.6 is 11.3 Å². The quantitative estimate of drug-likeness (QED) is 0.404. The van der Waals surface area contributed by atoms with Crippen LogP contribution < -0.4 is 5.32 Å². The largest absolute Gasteiger partial charge is 0.381 e. The topological polar surface area (TPSA) is 64.4 Å². The first-order chi connectivity index (χ1) is 8.74. The molecule has 1 heterocycles. The van der Waals surface area contributed by atoms with Crippen molar-refractivity contribution in [3.05, 3.63) is 27.1 Å². The summed E-state index contributed by atoms with van der Waals surface area (Å²) < 4.78 is 5.43. The number of hydrogen-bond acceptors (Lipinski definition) is 5. The average molecular weight is 272 g/mol. The van der Waals surface area contributed by atoms with Crippen molar-refractivity contribution in [2.24, 2.45) is 0 Å². The number of thiophene rings is 1. The second kappa shape index (κ2) is 9.02. The molecule has 0 atom stereocenters. The summed E-state index contributed by atoms with van der Waals surface area (Å²) in [7, 11) is 0. The lowest BCUT2D eigenvalue weighted by Gasteiger charge is -2.04. The van der Waals surface area contributed by atoms with Gasteiger partial charge >= 0.3 is 5.00 Å². The Hall–Kier alpha value is -0.980. The van der Waals surface area contributed by atoms with Crippen molar-refractivity contribution >= 4 is 16.3 Å².